The number of hydrogen-bond acceptors (Lipinski definition) is 4. The highest BCUT2D eigenvalue weighted by molar-refractivity contribution is 7.09. The van der Waals surface area contributed by atoms with Crippen molar-refractivity contribution in [3.05, 3.63) is 16.6 Å². The van der Waals surface area contributed by atoms with Gasteiger partial charge in [0.15, 0.2) is 6.10 Å². The highest BCUT2D eigenvalue weighted by Crippen LogP contribution is 2.26. The van der Waals surface area contributed by atoms with Gasteiger partial charge in [-0.15, -0.1) is 11.3 Å². The SMILES string of the molecule is CCCCCCC[C@@H](OC(=O)CCC)c1nccs1. The van der Waals surface area contributed by atoms with E-state index in [1.807, 2.05) is 12.3 Å². The van der Waals surface area contributed by atoms with E-state index in [4.69, 9.17) is 4.74 Å². The van der Waals surface area contributed by atoms with E-state index in [0.717, 1.165) is 24.3 Å². The van der Waals surface area contributed by atoms with Gasteiger partial charge in [0, 0.05) is 18.0 Å². The van der Waals surface area contributed by atoms with Crippen molar-refractivity contribution < 1.29 is 9.53 Å². The monoisotopic (exact) mass is 283 g/mol. The average Bonchev–Trinajstić information content (AvgIpc) is 2.91. The molecule has 1 rings (SSSR count). The topological polar surface area (TPSA) is 39.2 Å². The van der Waals surface area contributed by atoms with Crippen LogP contribution in [0.25, 0.3) is 0 Å². The van der Waals surface area contributed by atoms with Gasteiger partial charge in [-0.1, -0.05) is 39.5 Å². The molecule has 0 aliphatic heterocycles. The van der Waals surface area contributed by atoms with Crippen LogP contribution < -0.4 is 0 Å². The Labute approximate surface area is 120 Å². The number of thiazole rings is 1. The van der Waals surface area contributed by atoms with Gasteiger partial charge >= 0.3 is 5.97 Å². The van der Waals surface area contributed by atoms with Gasteiger partial charge in [-0.25, -0.2) is 4.98 Å². The number of carbonyl (C=O) groups excluding carboxylic acids is 1. The molecule has 0 aliphatic rings. The molecule has 1 atom stereocenters. The van der Waals surface area contributed by atoms with Crippen LogP contribution in [-0.4, -0.2) is 11.0 Å². The highest BCUT2D eigenvalue weighted by atomic mass is 32.1. The fourth-order valence-corrected chi connectivity index (χ4v) is 2.68. The van der Waals surface area contributed by atoms with E-state index in [1.165, 1.54) is 25.7 Å². The molecule has 0 unspecified atom stereocenters. The first-order chi connectivity index (χ1) is 9.27. The van der Waals surface area contributed by atoms with E-state index < -0.39 is 0 Å². The van der Waals surface area contributed by atoms with E-state index in [-0.39, 0.29) is 12.1 Å². The van der Waals surface area contributed by atoms with Crippen LogP contribution in [0.15, 0.2) is 11.6 Å². The summed E-state index contributed by atoms with van der Waals surface area (Å²) in [6.45, 7) is 4.20. The molecule has 0 aliphatic carbocycles. The molecule has 1 aromatic rings. The molecule has 0 bridgehead atoms. The summed E-state index contributed by atoms with van der Waals surface area (Å²) in [5.74, 6) is -0.101. The zero-order valence-corrected chi connectivity index (χ0v) is 12.9. The minimum absolute atomic E-state index is 0.101. The van der Waals surface area contributed by atoms with Crippen molar-refractivity contribution in [3.63, 3.8) is 0 Å². The molecule has 0 amide bonds. The van der Waals surface area contributed by atoms with Crippen LogP contribution in [0.2, 0.25) is 0 Å². The first-order valence-electron chi connectivity index (χ1n) is 7.36. The Morgan fingerprint density at radius 2 is 2.05 bits per heavy atom. The number of carbonyl (C=O) groups is 1. The van der Waals surface area contributed by atoms with Crippen LogP contribution in [-0.2, 0) is 9.53 Å². The van der Waals surface area contributed by atoms with Crippen molar-refractivity contribution >= 4 is 17.3 Å². The molecule has 0 aromatic carbocycles. The van der Waals surface area contributed by atoms with Gasteiger partial charge in [-0.3, -0.25) is 4.79 Å². The maximum Gasteiger partial charge on any atom is 0.306 e. The second-order valence-electron chi connectivity index (χ2n) is 4.80. The van der Waals surface area contributed by atoms with Gasteiger partial charge < -0.3 is 4.74 Å². The fraction of sp³-hybridized carbons (Fsp3) is 0.733. The smallest absolute Gasteiger partial charge is 0.306 e. The molecule has 0 spiro atoms. The molecule has 0 radical (unpaired) electrons. The lowest BCUT2D eigenvalue weighted by atomic mass is 10.1. The van der Waals surface area contributed by atoms with Crippen LogP contribution >= 0.6 is 11.3 Å². The van der Waals surface area contributed by atoms with Crippen molar-refractivity contribution in [1.29, 1.82) is 0 Å². The number of unbranched alkanes of at least 4 members (excludes halogenated alkanes) is 4. The van der Waals surface area contributed by atoms with Gasteiger partial charge in [-0.05, 0) is 19.3 Å². The van der Waals surface area contributed by atoms with Crippen LogP contribution in [0.3, 0.4) is 0 Å². The molecule has 1 heterocycles. The maximum absolute atomic E-state index is 11.6. The number of hydrogen-bond donors (Lipinski definition) is 0. The highest BCUT2D eigenvalue weighted by Gasteiger charge is 2.18. The predicted octanol–water partition coefficient (Wildman–Crippen LogP) is 4.89. The third-order valence-electron chi connectivity index (χ3n) is 3.02. The zero-order valence-electron chi connectivity index (χ0n) is 12.1. The van der Waals surface area contributed by atoms with E-state index in [2.05, 4.69) is 11.9 Å². The van der Waals surface area contributed by atoms with E-state index >= 15 is 0 Å². The zero-order chi connectivity index (χ0) is 13.9. The van der Waals surface area contributed by atoms with Crippen molar-refractivity contribution in [3.8, 4) is 0 Å². The van der Waals surface area contributed by atoms with Crippen LogP contribution in [0.4, 0.5) is 0 Å². The minimum atomic E-state index is -0.138. The van der Waals surface area contributed by atoms with Gasteiger partial charge in [0.05, 0.1) is 0 Å². The van der Waals surface area contributed by atoms with Gasteiger partial charge in [0.1, 0.15) is 5.01 Å². The summed E-state index contributed by atoms with van der Waals surface area (Å²) in [7, 11) is 0. The van der Waals surface area contributed by atoms with Crippen molar-refractivity contribution in [2.75, 3.05) is 0 Å². The third kappa shape index (κ3) is 6.71. The molecule has 0 saturated heterocycles. The second kappa shape index (κ2) is 9.96. The van der Waals surface area contributed by atoms with Crippen molar-refractivity contribution in [2.45, 2.75) is 71.3 Å². The van der Waals surface area contributed by atoms with E-state index in [1.54, 1.807) is 17.5 Å². The van der Waals surface area contributed by atoms with Gasteiger partial charge in [0.25, 0.3) is 0 Å². The minimum Gasteiger partial charge on any atom is -0.455 e. The molecule has 4 heteroatoms. The number of esters is 1. The number of nitrogens with zero attached hydrogens (tertiary/aromatic N) is 1. The summed E-state index contributed by atoms with van der Waals surface area (Å²) >= 11 is 1.57. The van der Waals surface area contributed by atoms with Gasteiger partial charge in [-0.2, -0.15) is 0 Å². The summed E-state index contributed by atoms with van der Waals surface area (Å²) in [5, 5.41) is 2.87. The first-order valence-corrected chi connectivity index (χ1v) is 8.24. The lowest BCUT2D eigenvalue weighted by molar-refractivity contribution is -0.150. The second-order valence-corrected chi connectivity index (χ2v) is 5.73. The molecule has 0 fully saturated rings. The summed E-state index contributed by atoms with van der Waals surface area (Å²) in [6, 6.07) is 0. The lowest BCUT2D eigenvalue weighted by Gasteiger charge is -2.15. The third-order valence-corrected chi connectivity index (χ3v) is 3.89. The van der Waals surface area contributed by atoms with Crippen molar-refractivity contribution in [2.24, 2.45) is 0 Å². The van der Waals surface area contributed by atoms with Crippen LogP contribution in [0.5, 0.6) is 0 Å². The Morgan fingerprint density at radius 3 is 2.68 bits per heavy atom. The predicted molar refractivity (Wildman–Crippen MR) is 79.2 cm³/mol. The fourth-order valence-electron chi connectivity index (χ4n) is 1.98. The Kier molecular flexibility index (Phi) is 8.47. The van der Waals surface area contributed by atoms with E-state index in [0.29, 0.717) is 6.42 Å². The summed E-state index contributed by atoms with van der Waals surface area (Å²) in [4.78, 5) is 15.9. The molecule has 0 N–H and O–H groups in total. The Morgan fingerprint density at radius 1 is 1.26 bits per heavy atom. The van der Waals surface area contributed by atoms with E-state index in [9.17, 15) is 4.79 Å². The quantitative estimate of drug-likeness (QED) is 0.453. The Hall–Kier alpha value is -0.900. The molecule has 19 heavy (non-hydrogen) atoms. The first kappa shape index (κ1) is 16.2. The lowest BCUT2D eigenvalue weighted by Crippen LogP contribution is -2.11. The maximum atomic E-state index is 11.6. The van der Waals surface area contributed by atoms with Gasteiger partial charge in [0.2, 0.25) is 0 Å². The number of rotatable bonds is 10. The molecule has 1 aromatic heterocycles. The summed E-state index contributed by atoms with van der Waals surface area (Å²) in [6.07, 6.45) is 9.98. The molecular formula is C15H25NO2S. The Bertz CT molecular complexity index is 338. The molecule has 108 valence electrons. The normalized spacial score (nSPS) is 12.3. The number of aromatic nitrogens is 1. The average molecular weight is 283 g/mol. The largest absolute Gasteiger partial charge is 0.455 e. The number of ether oxygens (including phenoxy) is 1. The molecular weight excluding hydrogens is 258 g/mol. The van der Waals surface area contributed by atoms with Crippen LogP contribution in [0, 0.1) is 0 Å². The summed E-state index contributed by atoms with van der Waals surface area (Å²) in [5.41, 5.74) is 0. The summed E-state index contributed by atoms with van der Waals surface area (Å²) < 4.78 is 5.55. The standard InChI is InChI=1S/C15H25NO2S/c1-3-5-6-7-8-10-13(15-16-11-12-19-15)18-14(17)9-4-2/h11-13H,3-10H2,1-2H3/t13-/m1/s1. The molecule has 0 saturated carbocycles. The Balaban J connectivity index is 2.39. The molecule has 3 nitrogen and oxygen atoms in total. The van der Waals surface area contributed by atoms with Crippen LogP contribution in [0.1, 0.15) is 76.3 Å². The van der Waals surface area contributed by atoms with Crippen molar-refractivity contribution in [1.82, 2.24) is 4.98 Å².